The van der Waals surface area contributed by atoms with Gasteiger partial charge < -0.3 is 15.1 Å². The number of nitrogens with zero attached hydrogens (tertiary/aromatic N) is 2. The Morgan fingerprint density at radius 3 is 2.17 bits per heavy atom. The number of sulfonamides is 1. The highest BCUT2D eigenvalue weighted by atomic mass is 32.2. The summed E-state index contributed by atoms with van der Waals surface area (Å²) < 4.78 is 27.3. The zero-order valence-electron chi connectivity index (χ0n) is 18.3. The fourth-order valence-corrected chi connectivity index (χ4v) is 4.73. The molecule has 2 rings (SSSR count). The molecule has 8 nitrogen and oxygen atoms in total. The normalized spacial score (nSPS) is 16.2. The lowest BCUT2D eigenvalue weighted by molar-refractivity contribution is -0.121. The predicted molar refractivity (Wildman–Crippen MR) is 118 cm³/mol. The predicted octanol–water partition coefficient (Wildman–Crippen LogP) is 2.88. The molecule has 1 aromatic carbocycles. The van der Waals surface area contributed by atoms with Crippen molar-refractivity contribution >= 4 is 27.6 Å². The van der Waals surface area contributed by atoms with Crippen molar-refractivity contribution in [2.24, 2.45) is 5.92 Å². The minimum Gasteiger partial charge on any atom is -0.326 e. The van der Waals surface area contributed by atoms with Gasteiger partial charge in [0.2, 0.25) is 15.9 Å². The Morgan fingerprint density at radius 1 is 1.10 bits per heavy atom. The highest BCUT2D eigenvalue weighted by molar-refractivity contribution is 7.89. The number of urea groups is 1. The summed E-state index contributed by atoms with van der Waals surface area (Å²) in [6.07, 6.45) is 1.93. The molecule has 0 radical (unpaired) electrons. The third-order valence-corrected chi connectivity index (χ3v) is 7.18. The van der Waals surface area contributed by atoms with E-state index in [1.165, 1.54) is 12.1 Å². The van der Waals surface area contributed by atoms with Gasteiger partial charge in [0.25, 0.3) is 0 Å². The fourth-order valence-electron chi connectivity index (χ4n) is 3.41. The van der Waals surface area contributed by atoms with Gasteiger partial charge >= 0.3 is 6.03 Å². The lowest BCUT2D eigenvalue weighted by Crippen LogP contribution is -2.47. The van der Waals surface area contributed by atoms with Crippen LogP contribution in [0.3, 0.4) is 0 Å². The maximum absolute atomic E-state index is 12.6. The summed E-state index contributed by atoms with van der Waals surface area (Å²) in [5.41, 5.74) is 0.559. The summed E-state index contributed by atoms with van der Waals surface area (Å²) in [4.78, 5) is 28.8. The van der Waals surface area contributed by atoms with Crippen LogP contribution < -0.4 is 10.0 Å². The van der Waals surface area contributed by atoms with Crippen molar-refractivity contribution in [2.75, 3.05) is 31.5 Å². The Morgan fingerprint density at radius 2 is 1.67 bits per heavy atom. The zero-order valence-corrected chi connectivity index (χ0v) is 19.2. The molecule has 3 amide bonds. The van der Waals surface area contributed by atoms with Crippen LogP contribution in [-0.2, 0) is 14.8 Å². The summed E-state index contributed by atoms with van der Waals surface area (Å²) in [6.45, 7) is 10.1. The number of likely N-dealkylation sites (tertiary alicyclic amines) is 1. The minimum absolute atomic E-state index is 0.0293. The third-order valence-electron chi connectivity index (χ3n) is 5.57. The van der Waals surface area contributed by atoms with Gasteiger partial charge in [0, 0.05) is 43.8 Å². The highest BCUT2D eigenvalue weighted by Gasteiger charge is 2.29. The maximum Gasteiger partial charge on any atom is 0.319 e. The van der Waals surface area contributed by atoms with Gasteiger partial charge in [-0.3, -0.25) is 4.79 Å². The van der Waals surface area contributed by atoms with Gasteiger partial charge in [-0.1, -0.05) is 6.92 Å². The number of amides is 3. The number of hydrogen-bond acceptors (Lipinski definition) is 4. The Labute approximate surface area is 180 Å². The summed E-state index contributed by atoms with van der Waals surface area (Å²) in [5, 5.41) is 2.86. The van der Waals surface area contributed by atoms with Crippen LogP contribution in [0.15, 0.2) is 29.2 Å². The number of anilines is 1. The number of benzene rings is 1. The van der Waals surface area contributed by atoms with Gasteiger partial charge in [0.05, 0.1) is 4.90 Å². The molecule has 0 aromatic heterocycles. The van der Waals surface area contributed by atoms with E-state index in [0.29, 0.717) is 51.1 Å². The van der Waals surface area contributed by atoms with E-state index in [2.05, 4.69) is 10.0 Å². The van der Waals surface area contributed by atoms with Crippen molar-refractivity contribution in [1.82, 2.24) is 14.5 Å². The molecular weight excluding hydrogens is 404 g/mol. The molecule has 1 aliphatic heterocycles. The van der Waals surface area contributed by atoms with Crippen molar-refractivity contribution in [3.8, 4) is 0 Å². The molecule has 0 bridgehead atoms. The molecule has 1 fully saturated rings. The summed E-state index contributed by atoms with van der Waals surface area (Å²) >= 11 is 0. The molecule has 9 heteroatoms. The highest BCUT2D eigenvalue weighted by Crippen LogP contribution is 2.21. The van der Waals surface area contributed by atoms with E-state index in [0.717, 1.165) is 0 Å². The fraction of sp³-hybridized carbons (Fsp3) is 0.619. The quantitative estimate of drug-likeness (QED) is 0.652. The second kappa shape index (κ2) is 10.8. The molecule has 2 N–H and O–H groups in total. The van der Waals surface area contributed by atoms with Crippen molar-refractivity contribution < 1.29 is 18.0 Å². The van der Waals surface area contributed by atoms with E-state index in [9.17, 15) is 18.0 Å². The lowest BCUT2D eigenvalue weighted by atomic mass is 9.96. The Bertz CT molecular complexity index is 814. The Balaban J connectivity index is 1.91. The van der Waals surface area contributed by atoms with Gasteiger partial charge in [0.15, 0.2) is 0 Å². The van der Waals surface area contributed by atoms with Crippen LogP contribution in [0.2, 0.25) is 0 Å². The first-order valence-electron chi connectivity index (χ1n) is 10.7. The first-order valence-corrected chi connectivity index (χ1v) is 12.2. The molecule has 1 aliphatic rings. The standard InChI is InChI=1S/C21H34N4O4S/c1-5-16(4)23-30(28,29)19-10-8-18(9-11-19)22-20(26)17-12-14-25(15-13-17)21(27)24(6-2)7-3/h8-11,16-17,23H,5-7,12-15H2,1-4H3,(H,22,26)/t16-/m0/s1. The molecule has 1 aromatic rings. The average Bonchev–Trinajstić information content (AvgIpc) is 2.74. The van der Waals surface area contributed by atoms with Crippen LogP contribution in [0.5, 0.6) is 0 Å². The molecule has 0 unspecified atom stereocenters. The first kappa shape index (κ1) is 24.1. The van der Waals surface area contributed by atoms with E-state index < -0.39 is 10.0 Å². The van der Waals surface area contributed by atoms with Crippen LogP contribution in [0.1, 0.15) is 47.0 Å². The van der Waals surface area contributed by atoms with Crippen molar-refractivity contribution in [3.63, 3.8) is 0 Å². The number of piperidine rings is 1. The second-order valence-corrected chi connectivity index (χ2v) is 9.37. The average molecular weight is 439 g/mol. The molecule has 1 atom stereocenters. The van der Waals surface area contributed by atoms with E-state index in [4.69, 9.17) is 0 Å². The van der Waals surface area contributed by atoms with Gasteiger partial charge in [-0.15, -0.1) is 0 Å². The van der Waals surface area contributed by atoms with Crippen LogP contribution >= 0.6 is 0 Å². The number of nitrogens with one attached hydrogen (secondary N) is 2. The van der Waals surface area contributed by atoms with E-state index in [1.54, 1.807) is 21.9 Å². The molecular formula is C21H34N4O4S. The van der Waals surface area contributed by atoms with Gasteiger partial charge in [-0.2, -0.15) is 0 Å². The zero-order chi connectivity index (χ0) is 22.3. The number of hydrogen-bond donors (Lipinski definition) is 2. The first-order chi connectivity index (χ1) is 14.2. The van der Waals surface area contributed by atoms with Crippen molar-refractivity contribution in [3.05, 3.63) is 24.3 Å². The van der Waals surface area contributed by atoms with E-state index >= 15 is 0 Å². The lowest BCUT2D eigenvalue weighted by Gasteiger charge is -2.34. The Kier molecular flexibility index (Phi) is 8.66. The van der Waals surface area contributed by atoms with Crippen LogP contribution in [0.4, 0.5) is 10.5 Å². The van der Waals surface area contributed by atoms with Crippen molar-refractivity contribution in [2.45, 2.75) is 57.9 Å². The SMILES string of the molecule is CC[C@H](C)NS(=O)(=O)c1ccc(NC(=O)C2CCN(C(=O)N(CC)CC)CC2)cc1. The molecule has 0 spiro atoms. The molecule has 0 saturated carbocycles. The summed E-state index contributed by atoms with van der Waals surface area (Å²) in [5.74, 6) is -0.264. The van der Waals surface area contributed by atoms with Gasteiger partial charge in [-0.05, 0) is 64.3 Å². The van der Waals surface area contributed by atoms with Crippen molar-refractivity contribution in [1.29, 1.82) is 0 Å². The topological polar surface area (TPSA) is 98.8 Å². The monoisotopic (exact) mass is 438 g/mol. The maximum atomic E-state index is 12.6. The Hall–Kier alpha value is -2.13. The third kappa shape index (κ3) is 6.18. The number of carbonyl (C=O) groups excluding carboxylic acids is 2. The molecule has 1 heterocycles. The smallest absolute Gasteiger partial charge is 0.319 e. The van der Waals surface area contributed by atoms with Gasteiger partial charge in [-0.25, -0.2) is 17.9 Å². The molecule has 30 heavy (non-hydrogen) atoms. The largest absolute Gasteiger partial charge is 0.326 e. The second-order valence-electron chi connectivity index (χ2n) is 7.66. The number of rotatable bonds is 8. The molecule has 1 saturated heterocycles. The summed E-state index contributed by atoms with van der Waals surface area (Å²) in [6, 6.07) is 6.07. The molecule has 168 valence electrons. The van der Waals surface area contributed by atoms with E-state index in [-0.39, 0.29) is 28.8 Å². The molecule has 0 aliphatic carbocycles. The van der Waals surface area contributed by atoms with Crippen LogP contribution in [-0.4, -0.2) is 62.4 Å². The minimum atomic E-state index is -3.57. The number of carbonyl (C=O) groups is 2. The van der Waals surface area contributed by atoms with Crippen LogP contribution in [0, 0.1) is 5.92 Å². The van der Waals surface area contributed by atoms with Crippen LogP contribution in [0.25, 0.3) is 0 Å². The van der Waals surface area contributed by atoms with E-state index in [1.807, 2.05) is 27.7 Å². The summed E-state index contributed by atoms with van der Waals surface area (Å²) in [7, 11) is -3.57. The van der Waals surface area contributed by atoms with Gasteiger partial charge in [0.1, 0.15) is 0 Å².